The number of carbonyl (C=O) groups is 3. The van der Waals surface area contributed by atoms with Crippen LogP contribution in [-0.4, -0.2) is 58.1 Å². The van der Waals surface area contributed by atoms with Crippen molar-refractivity contribution < 1.29 is 24.6 Å². The molecule has 7 nitrogen and oxygen atoms in total. The number of aliphatic carboxylic acids is 2. The summed E-state index contributed by atoms with van der Waals surface area (Å²) >= 11 is 0. The van der Waals surface area contributed by atoms with Crippen molar-refractivity contribution in [2.75, 3.05) is 24.5 Å². The maximum Gasteiger partial charge on any atom is 0.330 e. The number of carboxylic acid groups (broad SMARTS) is 2. The van der Waals surface area contributed by atoms with Gasteiger partial charge in [-0.15, -0.1) is 0 Å². The van der Waals surface area contributed by atoms with E-state index in [9.17, 15) is 19.5 Å². The van der Waals surface area contributed by atoms with Gasteiger partial charge in [-0.3, -0.25) is 14.5 Å². The molecular formula is C19H26N2O5. The van der Waals surface area contributed by atoms with Crippen molar-refractivity contribution in [2.24, 2.45) is 0 Å². The summed E-state index contributed by atoms with van der Waals surface area (Å²) in [6.07, 6.45) is 0.539. The summed E-state index contributed by atoms with van der Waals surface area (Å²) in [4.78, 5) is 38.8. The number of carbonyl (C=O) groups excluding carboxylic acids is 1. The molecule has 0 spiro atoms. The van der Waals surface area contributed by atoms with Gasteiger partial charge in [-0.25, -0.2) is 4.79 Å². The second kappa shape index (κ2) is 7.86. The zero-order valence-electron chi connectivity index (χ0n) is 15.5. The van der Waals surface area contributed by atoms with E-state index in [2.05, 4.69) is 0 Å². The molecular weight excluding hydrogens is 336 g/mol. The van der Waals surface area contributed by atoms with Gasteiger partial charge in [0.05, 0.1) is 6.42 Å². The highest BCUT2D eigenvalue weighted by molar-refractivity contribution is 6.01. The Morgan fingerprint density at radius 1 is 1.15 bits per heavy atom. The average Bonchev–Trinajstić information content (AvgIpc) is 2.55. The molecule has 0 aliphatic carbocycles. The van der Waals surface area contributed by atoms with Crippen LogP contribution in [0, 0.1) is 13.8 Å². The third-order valence-corrected chi connectivity index (χ3v) is 5.06. The van der Waals surface area contributed by atoms with E-state index in [4.69, 9.17) is 5.11 Å². The smallest absolute Gasteiger partial charge is 0.330 e. The lowest BCUT2D eigenvalue weighted by molar-refractivity contribution is -0.147. The molecule has 1 amide bonds. The maximum atomic E-state index is 12.5. The van der Waals surface area contributed by atoms with Crippen molar-refractivity contribution >= 4 is 23.5 Å². The number of nitrogens with zero attached hydrogens (tertiary/aromatic N) is 2. The first-order valence-electron chi connectivity index (χ1n) is 8.73. The second-order valence-electron chi connectivity index (χ2n) is 6.97. The summed E-state index contributed by atoms with van der Waals surface area (Å²) < 4.78 is 0. The molecule has 1 aromatic rings. The van der Waals surface area contributed by atoms with Crippen LogP contribution in [0.4, 0.5) is 5.69 Å². The average molecular weight is 362 g/mol. The van der Waals surface area contributed by atoms with Crippen LogP contribution in [0.3, 0.4) is 0 Å². The third kappa shape index (κ3) is 4.04. The van der Waals surface area contributed by atoms with E-state index in [1.54, 1.807) is 6.07 Å². The minimum atomic E-state index is -1.31. The fourth-order valence-corrected chi connectivity index (χ4v) is 3.69. The standard InChI is InChI=1S/C19H26N2O5/c1-13-4-5-16(14(2)12-13)21(15(3)22)19(18(25)26)7-10-20(11-8-19)9-6-17(23)24/h4-5,12H,6-11H2,1-3H3,(H,23,24)(H,25,26). The molecule has 0 radical (unpaired) electrons. The number of piperidine rings is 1. The molecule has 1 saturated heterocycles. The number of amides is 1. The van der Waals surface area contributed by atoms with Gasteiger partial charge in [0.1, 0.15) is 5.54 Å². The number of likely N-dealkylation sites (tertiary alicyclic amines) is 1. The zero-order chi connectivity index (χ0) is 19.5. The highest BCUT2D eigenvalue weighted by Gasteiger charge is 2.48. The highest BCUT2D eigenvalue weighted by atomic mass is 16.4. The summed E-state index contributed by atoms with van der Waals surface area (Å²) in [6, 6.07) is 5.60. The Bertz CT molecular complexity index is 708. The number of anilines is 1. The van der Waals surface area contributed by atoms with Crippen LogP contribution in [0.25, 0.3) is 0 Å². The molecule has 26 heavy (non-hydrogen) atoms. The number of hydrogen-bond donors (Lipinski definition) is 2. The molecule has 0 unspecified atom stereocenters. The van der Waals surface area contributed by atoms with Crippen LogP contribution >= 0.6 is 0 Å². The zero-order valence-corrected chi connectivity index (χ0v) is 15.5. The summed E-state index contributed by atoms with van der Waals surface area (Å²) in [6.45, 7) is 6.47. The number of rotatable bonds is 6. The Morgan fingerprint density at radius 3 is 2.23 bits per heavy atom. The summed E-state index contributed by atoms with van der Waals surface area (Å²) in [7, 11) is 0. The molecule has 0 bridgehead atoms. The lowest BCUT2D eigenvalue weighted by Crippen LogP contribution is -2.62. The summed E-state index contributed by atoms with van der Waals surface area (Å²) in [5.41, 5.74) is 1.20. The third-order valence-electron chi connectivity index (χ3n) is 5.06. The van der Waals surface area contributed by atoms with Crippen LogP contribution in [0.1, 0.15) is 37.3 Å². The van der Waals surface area contributed by atoms with E-state index < -0.39 is 17.5 Å². The quantitative estimate of drug-likeness (QED) is 0.804. The highest BCUT2D eigenvalue weighted by Crippen LogP contribution is 2.36. The summed E-state index contributed by atoms with van der Waals surface area (Å²) in [5, 5.41) is 18.8. The molecule has 0 saturated carbocycles. The van der Waals surface area contributed by atoms with Gasteiger partial charge in [-0.1, -0.05) is 17.7 Å². The fraction of sp³-hybridized carbons (Fsp3) is 0.526. The number of benzene rings is 1. The minimum absolute atomic E-state index is 0.0214. The first kappa shape index (κ1) is 19.9. The molecule has 1 fully saturated rings. The number of aryl methyl sites for hydroxylation is 2. The Kier molecular flexibility index (Phi) is 6.02. The van der Waals surface area contributed by atoms with E-state index >= 15 is 0 Å². The molecule has 2 N–H and O–H groups in total. The van der Waals surface area contributed by atoms with Crippen LogP contribution < -0.4 is 4.90 Å². The van der Waals surface area contributed by atoms with Crippen LogP contribution in [0.2, 0.25) is 0 Å². The SMILES string of the molecule is CC(=O)N(c1ccc(C)cc1C)C1(C(=O)O)CCN(CCC(=O)O)CC1. The predicted molar refractivity (Wildman–Crippen MR) is 97.4 cm³/mol. The van der Waals surface area contributed by atoms with Crippen LogP contribution in [-0.2, 0) is 14.4 Å². The molecule has 0 aromatic heterocycles. The first-order chi connectivity index (χ1) is 12.2. The van der Waals surface area contributed by atoms with Crippen LogP contribution in [0.15, 0.2) is 18.2 Å². The van der Waals surface area contributed by atoms with Crippen molar-refractivity contribution in [3.8, 4) is 0 Å². The van der Waals surface area contributed by atoms with Gasteiger partial charge in [-0.2, -0.15) is 0 Å². The first-order valence-corrected chi connectivity index (χ1v) is 8.73. The van der Waals surface area contributed by atoms with Crippen molar-refractivity contribution in [3.63, 3.8) is 0 Å². The van der Waals surface area contributed by atoms with Gasteiger partial charge in [0.2, 0.25) is 5.91 Å². The van der Waals surface area contributed by atoms with Crippen molar-refractivity contribution in [1.82, 2.24) is 4.90 Å². The van der Waals surface area contributed by atoms with Gasteiger partial charge in [0.15, 0.2) is 0 Å². The van der Waals surface area contributed by atoms with Crippen molar-refractivity contribution in [3.05, 3.63) is 29.3 Å². The molecule has 0 atom stereocenters. The van der Waals surface area contributed by atoms with E-state index in [1.807, 2.05) is 30.9 Å². The van der Waals surface area contributed by atoms with E-state index in [0.717, 1.165) is 11.1 Å². The van der Waals surface area contributed by atoms with Crippen molar-refractivity contribution in [2.45, 2.75) is 45.6 Å². The van der Waals surface area contributed by atoms with E-state index in [1.165, 1.54) is 11.8 Å². The fourth-order valence-electron chi connectivity index (χ4n) is 3.69. The van der Waals surface area contributed by atoms with Gasteiger partial charge >= 0.3 is 11.9 Å². The molecule has 1 heterocycles. The number of carboxylic acids is 2. The Morgan fingerprint density at radius 2 is 1.77 bits per heavy atom. The van der Waals surface area contributed by atoms with Gasteiger partial charge in [-0.05, 0) is 38.3 Å². The second-order valence-corrected chi connectivity index (χ2v) is 6.97. The topological polar surface area (TPSA) is 98.2 Å². The van der Waals surface area contributed by atoms with Gasteiger partial charge in [0, 0.05) is 32.2 Å². The lowest BCUT2D eigenvalue weighted by Gasteiger charge is -2.46. The molecule has 2 rings (SSSR count). The van der Waals surface area contributed by atoms with E-state index in [0.29, 0.717) is 25.3 Å². The lowest BCUT2D eigenvalue weighted by atomic mass is 9.84. The van der Waals surface area contributed by atoms with E-state index in [-0.39, 0.29) is 25.2 Å². The number of hydrogen-bond acceptors (Lipinski definition) is 4. The Labute approximate surface area is 153 Å². The molecule has 1 aromatic carbocycles. The Hall–Kier alpha value is -2.41. The summed E-state index contributed by atoms with van der Waals surface area (Å²) in [5.74, 6) is -2.20. The predicted octanol–water partition coefficient (Wildman–Crippen LogP) is 2.05. The maximum absolute atomic E-state index is 12.5. The largest absolute Gasteiger partial charge is 0.481 e. The van der Waals surface area contributed by atoms with Crippen LogP contribution in [0.5, 0.6) is 0 Å². The monoisotopic (exact) mass is 362 g/mol. The van der Waals surface area contributed by atoms with Gasteiger partial charge in [0.25, 0.3) is 0 Å². The molecule has 1 aliphatic heterocycles. The molecule has 1 aliphatic rings. The van der Waals surface area contributed by atoms with Crippen molar-refractivity contribution in [1.29, 1.82) is 0 Å². The minimum Gasteiger partial charge on any atom is -0.481 e. The molecule has 142 valence electrons. The molecule has 7 heteroatoms. The normalized spacial score (nSPS) is 16.9. The Balaban J connectivity index is 2.33. The van der Waals surface area contributed by atoms with Gasteiger partial charge < -0.3 is 15.1 Å².